The van der Waals surface area contributed by atoms with Crippen LogP contribution in [0.3, 0.4) is 0 Å². The van der Waals surface area contributed by atoms with E-state index in [0.29, 0.717) is 0 Å². The molecule has 0 amide bonds. The van der Waals surface area contributed by atoms with Crippen LogP contribution in [0.1, 0.15) is 0 Å². The Balaban J connectivity index is -0.000000139. The van der Waals surface area contributed by atoms with Gasteiger partial charge in [0, 0.05) is 9.52 Å². The second-order valence-corrected chi connectivity index (χ2v) is 5.81. The zero-order chi connectivity index (χ0) is 14.9. The molecule has 0 aliphatic heterocycles. The summed E-state index contributed by atoms with van der Waals surface area (Å²) in [6.07, 6.45) is 0. The van der Waals surface area contributed by atoms with E-state index in [9.17, 15) is 0 Å². The van der Waals surface area contributed by atoms with Gasteiger partial charge in [-0.3, -0.25) is 0 Å². The Hall–Kier alpha value is -0.740. The van der Waals surface area contributed by atoms with Crippen molar-refractivity contribution < 1.29 is 26.2 Å². The van der Waals surface area contributed by atoms with Gasteiger partial charge < -0.3 is 12.3 Å². The third kappa shape index (κ3) is 10.4. The molecule has 26 heavy (non-hydrogen) atoms. The van der Waals surface area contributed by atoms with Crippen molar-refractivity contribution >= 4 is 55.9 Å². The summed E-state index contributed by atoms with van der Waals surface area (Å²) in [5, 5.41) is 5.32. The Kier molecular flexibility index (Phi) is 24.1. The Morgan fingerprint density at radius 3 is 1.23 bits per heavy atom. The summed E-state index contributed by atoms with van der Waals surface area (Å²) in [5.74, 6) is 0. The Morgan fingerprint density at radius 2 is 0.923 bits per heavy atom. The molecule has 0 aromatic heterocycles. The van der Waals surface area contributed by atoms with Crippen molar-refractivity contribution in [2.24, 2.45) is 0 Å². The van der Waals surface area contributed by atoms with Crippen LogP contribution < -0.4 is 0 Å². The van der Waals surface area contributed by atoms with Crippen LogP contribution in [-0.4, -0.2) is 9.52 Å². The summed E-state index contributed by atoms with van der Waals surface area (Å²) in [7, 11) is 1.08. The molecule has 0 bridgehead atoms. The van der Waals surface area contributed by atoms with Crippen LogP contribution in [0.5, 0.6) is 0 Å². The molecular weight excluding hydrogens is 458 g/mol. The zero-order valence-corrected chi connectivity index (χ0v) is 20.1. The van der Waals surface area contributed by atoms with Crippen molar-refractivity contribution in [3.05, 3.63) is 97.2 Å². The van der Waals surface area contributed by atoms with Gasteiger partial charge >= 0.3 is 26.2 Å². The maximum atomic E-state index is 2.15. The third-order valence-electron chi connectivity index (χ3n) is 3.10. The molecule has 0 fully saturated rings. The summed E-state index contributed by atoms with van der Waals surface area (Å²) >= 11 is 0. The molecular formula is C20H26Cl2N2SiZr. The van der Waals surface area contributed by atoms with Crippen LogP contribution in [0, 0.1) is 0 Å². The molecule has 4 aromatic carbocycles. The van der Waals surface area contributed by atoms with Crippen LogP contribution in [0.2, 0.25) is 13.1 Å². The van der Waals surface area contributed by atoms with Gasteiger partial charge in [0.05, 0.1) is 0 Å². The van der Waals surface area contributed by atoms with Crippen LogP contribution in [-0.2, 0) is 26.2 Å². The fraction of sp³-hybridized carbons (Fsp3) is 0.100. The first kappa shape index (κ1) is 32.9. The molecule has 4 aromatic rings. The topological polar surface area (TPSA) is 67.0 Å². The second-order valence-electron chi connectivity index (χ2n) is 4.81. The molecule has 0 saturated heterocycles. The molecule has 4 rings (SSSR count). The normalized spacial score (nSPS) is 7.77. The van der Waals surface area contributed by atoms with E-state index < -0.39 is 0 Å². The van der Waals surface area contributed by atoms with Crippen molar-refractivity contribution in [2.75, 3.05) is 0 Å². The van der Waals surface area contributed by atoms with Gasteiger partial charge in [0.1, 0.15) is 0 Å². The van der Waals surface area contributed by atoms with Gasteiger partial charge in [-0.05, 0) is 0 Å². The Labute approximate surface area is 191 Å². The van der Waals surface area contributed by atoms with Gasteiger partial charge in [-0.2, -0.15) is 35.0 Å². The van der Waals surface area contributed by atoms with Crippen molar-refractivity contribution in [3.63, 3.8) is 0 Å². The smallest absolute Gasteiger partial charge is 0.693 e. The largest absolute Gasteiger partial charge is 4.00 e. The van der Waals surface area contributed by atoms with E-state index in [2.05, 4.69) is 98.0 Å². The van der Waals surface area contributed by atoms with E-state index in [4.69, 9.17) is 0 Å². The standard InChI is InChI=1S/2C9H7.C2H6Si.2ClH.2H2N.Zr/c2*1-2-5-9-7-3-6-8(9)4-1;1-3-2;;;;;/h2*1-7H;1-2H3;2*1H;2*1H2;/q2*-1;;;;2*-1;+4. The molecule has 6 heteroatoms. The number of rotatable bonds is 0. The average Bonchev–Trinajstić information content (AvgIpc) is 3.17. The maximum Gasteiger partial charge on any atom is 4.00 e. The molecule has 2 nitrogen and oxygen atoms in total. The first-order chi connectivity index (χ1) is 10.3. The van der Waals surface area contributed by atoms with E-state index in [0.717, 1.165) is 9.52 Å². The molecule has 0 aliphatic carbocycles. The third-order valence-corrected chi connectivity index (χ3v) is 3.10. The molecule has 4 N–H and O–H groups in total. The van der Waals surface area contributed by atoms with Crippen molar-refractivity contribution in [2.45, 2.75) is 13.1 Å². The number of benzene rings is 2. The molecule has 138 valence electrons. The Bertz CT molecular complexity index is 661. The van der Waals surface area contributed by atoms with Gasteiger partial charge in [-0.1, -0.05) is 25.2 Å². The van der Waals surface area contributed by atoms with Crippen LogP contribution >= 0.6 is 24.8 Å². The van der Waals surface area contributed by atoms with Gasteiger partial charge in [-0.25, -0.2) is 0 Å². The monoisotopic (exact) mass is 482 g/mol. The van der Waals surface area contributed by atoms with Gasteiger partial charge in [0.15, 0.2) is 0 Å². The van der Waals surface area contributed by atoms with Crippen molar-refractivity contribution in [1.29, 1.82) is 0 Å². The quantitative estimate of drug-likeness (QED) is 0.178. The summed E-state index contributed by atoms with van der Waals surface area (Å²) in [5.41, 5.74) is 0. The predicted octanol–water partition coefficient (Wildman–Crippen LogP) is 8.18. The van der Waals surface area contributed by atoms with E-state index in [1.807, 2.05) is 0 Å². The fourth-order valence-corrected chi connectivity index (χ4v) is 2.14. The maximum absolute atomic E-state index is 2.15. The van der Waals surface area contributed by atoms with E-state index in [-0.39, 0.29) is 63.3 Å². The first-order valence-corrected chi connectivity index (χ1v) is 9.14. The van der Waals surface area contributed by atoms with Gasteiger partial charge in [-0.15, -0.1) is 84.1 Å². The van der Waals surface area contributed by atoms with Gasteiger partial charge in [0.25, 0.3) is 0 Å². The van der Waals surface area contributed by atoms with Gasteiger partial charge in [0.2, 0.25) is 0 Å². The second kappa shape index (κ2) is 19.0. The zero-order valence-electron chi connectivity index (χ0n) is 15.1. The summed E-state index contributed by atoms with van der Waals surface area (Å²) in [6, 6.07) is 29.3. The minimum Gasteiger partial charge on any atom is -0.693 e. The minimum absolute atomic E-state index is 0. The summed E-state index contributed by atoms with van der Waals surface area (Å²) in [6.45, 7) is 4.31. The fourth-order valence-electron chi connectivity index (χ4n) is 2.14. The molecule has 0 spiro atoms. The molecule has 2 radical (unpaired) electrons. The number of nitrogens with two attached hydrogens (primary N) is 2. The SMILES string of the molecule is C[Si]C.Cl.Cl.[NH2-].[NH2-].[Zr+4].c1ccc2[cH-]ccc2c1.c1ccc2[cH-]ccc2c1. The predicted molar refractivity (Wildman–Crippen MR) is 122 cm³/mol. The first-order valence-electron chi connectivity index (χ1n) is 7.14. The van der Waals surface area contributed by atoms with Crippen LogP contribution in [0.4, 0.5) is 0 Å². The number of halogens is 2. The molecule has 0 atom stereocenters. The van der Waals surface area contributed by atoms with Crippen molar-refractivity contribution in [1.82, 2.24) is 0 Å². The molecule has 0 saturated carbocycles. The Morgan fingerprint density at radius 1 is 0.615 bits per heavy atom. The van der Waals surface area contributed by atoms with E-state index in [1.165, 1.54) is 21.5 Å². The minimum atomic E-state index is 0. The number of fused-ring (bicyclic) bond motifs is 2. The van der Waals surface area contributed by atoms with Crippen LogP contribution in [0.25, 0.3) is 33.8 Å². The summed E-state index contributed by atoms with van der Waals surface area (Å²) < 4.78 is 0. The summed E-state index contributed by atoms with van der Waals surface area (Å²) in [4.78, 5) is 0. The van der Waals surface area contributed by atoms with E-state index in [1.54, 1.807) is 0 Å². The molecule has 0 heterocycles. The van der Waals surface area contributed by atoms with Crippen LogP contribution in [0.15, 0.2) is 84.9 Å². The molecule has 0 aliphatic rings. The molecule has 0 unspecified atom stereocenters. The van der Waals surface area contributed by atoms with Crippen molar-refractivity contribution in [3.8, 4) is 0 Å². The average molecular weight is 485 g/mol. The number of hydrogen-bond acceptors (Lipinski definition) is 0. The van der Waals surface area contributed by atoms with E-state index >= 15 is 0 Å². The number of hydrogen-bond donors (Lipinski definition) is 0.